The molecule has 2 N–H and O–H groups in total. The van der Waals surface area contributed by atoms with Crippen molar-refractivity contribution in [2.45, 2.75) is 12.1 Å². The van der Waals surface area contributed by atoms with E-state index in [0.717, 1.165) is 10.8 Å². The zero-order valence-electron chi connectivity index (χ0n) is 11.5. The molecule has 0 spiro atoms. The van der Waals surface area contributed by atoms with Crippen LogP contribution < -0.4 is 10.9 Å². The van der Waals surface area contributed by atoms with Crippen LogP contribution in [0.1, 0.15) is 22.5 Å². The molecule has 2 nitrogen and oxygen atoms in total. The second kappa shape index (κ2) is 6.99. The maximum absolute atomic E-state index is 6.00. The highest BCUT2D eigenvalue weighted by atomic mass is 35.5. The Morgan fingerprint density at radius 1 is 1.19 bits per heavy atom. The minimum absolute atomic E-state index is 0.279. The van der Waals surface area contributed by atoms with Crippen LogP contribution in [0.25, 0.3) is 0 Å². The molecule has 21 heavy (non-hydrogen) atoms. The summed E-state index contributed by atoms with van der Waals surface area (Å²) in [7, 11) is 0. The van der Waals surface area contributed by atoms with Gasteiger partial charge >= 0.3 is 0 Å². The van der Waals surface area contributed by atoms with Crippen LogP contribution in [-0.4, -0.2) is 5.75 Å². The molecule has 2 heterocycles. The minimum atomic E-state index is 0.279. The van der Waals surface area contributed by atoms with Crippen molar-refractivity contribution < 1.29 is 0 Å². The summed E-state index contributed by atoms with van der Waals surface area (Å²) in [6.45, 7) is 3.83. The van der Waals surface area contributed by atoms with E-state index in [1.54, 1.807) is 23.1 Å². The molecule has 0 saturated carbocycles. The first-order chi connectivity index (χ1) is 10.3. The Morgan fingerprint density at radius 2 is 1.95 bits per heavy atom. The van der Waals surface area contributed by atoms with Crippen LogP contribution in [0, 0.1) is 5.92 Å². The van der Waals surface area contributed by atoms with E-state index < -0.39 is 0 Å². The first-order valence-corrected chi connectivity index (χ1v) is 9.12. The van der Waals surface area contributed by atoms with Crippen molar-refractivity contribution in [1.82, 2.24) is 10.9 Å². The lowest BCUT2D eigenvalue weighted by Gasteiger charge is -2.22. The molecular weight excluding hydrogens is 320 g/mol. The van der Waals surface area contributed by atoms with Gasteiger partial charge in [-0.15, -0.1) is 23.1 Å². The Kier molecular flexibility index (Phi) is 5.03. The third-order valence-corrected chi connectivity index (χ3v) is 5.76. The van der Waals surface area contributed by atoms with Gasteiger partial charge < -0.3 is 0 Å². The number of thiophene rings is 1. The minimum Gasteiger partial charge on any atom is -0.249 e. The molecule has 110 valence electrons. The van der Waals surface area contributed by atoms with Crippen LogP contribution in [-0.2, 0) is 0 Å². The highest BCUT2D eigenvalue weighted by Crippen LogP contribution is 2.40. The number of halogens is 1. The van der Waals surface area contributed by atoms with Crippen LogP contribution >= 0.6 is 34.7 Å². The fourth-order valence-electron chi connectivity index (χ4n) is 2.71. The van der Waals surface area contributed by atoms with Gasteiger partial charge in [0.25, 0.3) is 0 Å². The lowest BCUT2D eigenvalue weighted by atomic mass is 9.90. The van der Waals surface area contributed by atoms with E-state index in [2.05, 4.69) is 47.1 Å². The average Bonchev–Trinajstić information content (AvgIpc) is 3.15. The molecule has 1 aromatic carbocycles. The molecule has 5 heteroatoms. The number of thioether (sulfide) groups is 1. The van der Waals surface area contributed by atoms with E-state index in [1.807, 2.05) is 17.5 Å². The van der Waals surface area contributed by atoms with Crippen molar-refractivity contribution >= 4 is 34.7 Å². The van der Waals surface area contributed by atoms with Gasteiger partial charge in [-0.25, -0.2) is 10.9 Å². The molecule has 1 saturated heterocycles. The van der Waals surface area contributed by atoms with Crippen molar-refractivity contribution in [2.24, 2.45) is 5.92 Å². The summed E-state index contributed by atoms with van der Waals surface area (Å²) >= 11 is 9.57. The molecule has 1 aliphatic rings. The Bertz CT molecular complexity index is 583. The fourth-order valence-corrected chi connectivity index (χ4v) is 4.43. The van der Waals surface area contributed by atoms with E-state index in [4.69, 9.17) is 11.6 Å². The standard InChI is InChI=1S/C16H17ClN2S2/c1-2-20-10-13-15(11-5-7-12(17)8-6-11)18-19-16(13)14-4-3-9-21-14/h2-9,13,15-16,18-19H,1,10H2. The quantitative estimate of drug-likeness (QED) is 0.821. The van der Waals surface area contributed by atoms with E-state index in [0.29, 0.717) is 12.0 Å². The van der Waals surface area contributed by atoms with Gasteiger partial charge in [-0.05, 0) is 34.6 Å². The summed E-state index contributed by atoms with van der Waals surface area (Å²) in [6, 6.07) is 13.0. The topological polar surface area (TPSA) is 24.1 Å². The predicted octanol–water partition coefficient (Wildman–Crippen LogP) is 4.78. The third-order valence-electron chi connectivity index (χ3n) is 3.74. The first-order valence-electron chi connectivity index (χ1n) is 6.82. The molecule has 1 aromatic heterocycles. The number of hydrogen-bond acceptors (Lipinski definition) is 4. The van der Waals surface area contributed by atoms with Crippen molar-refractivity contribution in [1.29, 1.82) is 0 Å². The summed E-state index contributed by atoms with van der Waals surface area (Å²) in [5.74, 6) is 1.49. The van der Waals surface area contributed by atoms with Gasteiger partial charge in [0.1, 0.15) is 0 Å². The van der Waals surface area contributed by atoms with Gasteiger partial charge in [0, 0.05) is 21.6 Å². The number of hydrogen-bond donors (Lipinski definition) is 2. The van der Waals surface area contributed by atoms with E-state index in [1.165, 1.54) is 10.4 Å². The van der Waals surface area contributed by atoms with Crippen LogP contribution in [0.4, 0.5) is 0 Å². The molecule has 0 bridgehead atoms. The van der Waals surface area contributed by atoms with Crippen molar-refractivity contribution in [2.75, 3.05) is 5.75 Å². The Labute approximate surface area is 138 Å². The maximum Gasteiger partial charge on any atom is 0.0610 e. The second-order valence-corrected chi connectivity index (χ2v) is 7.39. The van der Waals surface area contributed by atoms with Crippen molar-refractivity contribution in [3.05, 3.63) is 69.2 Å². The van der Waals surface area contributed by atoms with Crippen LogP contribution in [0.3, 0.4) is 0 Å². The van der Waals surface area contributed by atoms with Crippen LogP contribution in [0.5, 0.6) is 0 Å². The van der Waals surface area contributed by atoms with E-state index in [-0.39, 0.29) is 6.04 Å². The summed E-state index contributed by atoms with van der Waals surface area (Å²) in [6.07, 6.45) is 0. The number of rotatable bonds is 5. The molecule has 3 rings (SSSR count). The third kappa shape index (κ3) is 3.35. The van der Waals surface area contributed by atoms with Gasteiger partial charge in [-0.1, -0.05) is 36.4 Å². The molecule has 0 aliphatic carbocycles. The Balaban J connectivity index is 1.85. The van der Waals surface area contributed by atoms with Crippen LogP contribution in [0.15, 0.2) is 53.8 Å². The summed E-state index contributed by atoms with van der Waals surface area (Å²) in [5, 5.41) is 4.82. The molecular formula is C16H17ClN2S2. The highest BCUT2D eigenvalue weighted by Gasteiger charge is 2.37. The highest BCUT2D eigenvalue weighted by molar-refractivity contribution is 8.02. The second-order valence-electron chi connectivity index (χ2n) is 4.97. The number of nitrogens with one attached hydrogen (secondary N) is 2. The van der Waals surface area contributed by atoms with E-state index >= 15 is 0 Å². The number of hydrazine groups is 1. The zero-order chi connectivity index (χ0) is 14.7. The monoisotopic (exact) mass is 336 g/mol. The fraction of sp³-hybridized carbons (Fsp3) is 0.250. The molecule has 0 amide bonds. The van der Waals surface area contributed by atoms with Gasteiger partial charge in [0.15, 0.2) is 0 Å². The molecule has 3 atom stereocenters. The normalized spacial score (nSPS) is 25.1. The average molecular weight is 337 g/mol. The van der Waals surface area contributed by atoms with Crippen molar-refractivity contribution in [3.63, 3.8) is 0 Å². The molecule has 1 fully saturated rings. The summed E-state index contributed by atoms with van der Waals surface area (Å²) in [4.78, 5) is 1.37. The first kappa shape index (κ1) is 15.1. The summed E-state index contributed by atoms with van der Waals surface area (Å²) in [5.41, 5.74) is 8.18. The lowest BCUT2D eigenvalue weighted by Crippen LogP contribution is -2.26. The predicted molar refractivity (Wildman–Crippen MR) is 93.7 cm³/mol. The zero-order valence-corrected chi connectivity index (χ0v) is 13.8. The van der Waals surface area contributed by atoms with Gasteiger partial charge in [-0.3, -0.25) is 0 Å². The van der Waals surface area contributed by atoms with Gasteiger partial charge in [0.2, 0.25) is 0 Å². The Hall–Kier alpha value is -0.780. The smallest absolute Gasteiger partial charge is 0.0610 e. The largest absolute Gasteiger partial charge is 0.249 e. The molecule has 2 aromatic rings. The molecule has 0 radical (unpaired) electrons. The van der Waals surface area contributed by atoms with Crippen molar-refractivity contribution in [3.8, 4) is 0 Å². The Morgan fingerprint density at radius 3 is 2.62 bits per heavy atom. The molecule has 3 unspecified atom stereocenters. The van der Waals surface area contributed by atoms with Gasteiger partial charge in [0.05, 0.1) is 12.1 Å². The number of benzene rings is 1. The van der Waals surface area contributed by atoms with Gasteiger partial charge in [-0.2, -0.15) is 0 Å². The summed E-state index contributed by atoms with van der Waals surface area (Å²) < 4.78 is 0. The van der Waals surface area contributed by atoms with E-state index in [9.17, 15) is 0 Å². The lowest BCUT2D eigenvalue weighted by molar-refractivity contribution is 0.479. The maximum atomic E-state index is 6.00. The van der Waals surface area contributed by atoms with Crippen LogP contribution in [0.2, 0.25) is 5.02 Å². The SMILES string of the molecule is C=CSCC1C(c2ccc(Cl)cc2)NNC1c1cccs1. The molecule has 1 aliphatic heterocycles.